The zero-order valence-corrected chi connectivity index (χ0v) is 14.1. The Balaban J connectivity index is 1.98. The average Bonchev–Trinajstić information content (AvgIpc) is 2.61. The molecule has 26 heavy (non-hydrogen) atoms. The number of aryl methyl sites for hydroxylation is 1. The number of benzene rings is 2. The first-order valence-electron chi connectivity index (χ1n) is 7.47. The lowest BCUT2D eigenvalue weighted by molar-refractivity contribution is -0.386. The predicted molar refractivity (Wildman–Crippen MR) is 93.7 cm³/mol. The summed E-state index contributed by atoms with van der Waals surface area (Å²) in [6.07, 6.45) is 1.19. The SMILES string of the molecule is COc1cc(/C=N/NC(=O)COc2cccc(C)c2)cc([N+](=O)[O-])c1O. The lowest BCUT2D eigenvalue weighted by Crippen LogP contribution is -2.24. The normalized spacial score (nSPS) is 10.5. The second-order valence-electron chi connectivity index (χ2n) is 5.25. The van der Waals surface area contributed by atoms with E-state index in [9.17, 15) is 20.0 Å². The van der Waals surface area contributed by atoms with Crippen LogP contribution in [-0.2, 0) is 4.79 Å². The van der Waals surface area contributed by atoms with E-state index >= 15 is 0 Å². The lowest BCUT2D eigenvalue weighted by Gasteiger charge is -2.06. The second-order valence-corrected chi connectivity index (χ2v) is 5.25. The number of nitro benzene ring substituents is 1. The summed E-state index contributed by atoms with van der Waals surface area (Å²) in [5.74, 6) is -0.592. The van der Waals surface area contributed by atoms with Gasteiger partial charge in [0.2, 0.25) is 5.75 Å². The van der Waals surface area contributed by atoms with E-state index in [1.165, 1.54) is 19.4 Å². The fourth-order valence-corrected chi connectivity index (χ4v) is 2.05. The maximum Gasteiger partial charge on any atom is 0.315 e. The minimum atomic E-state index is -0.747. The Kier molecular flexibility index (Phi) is 6.10. The molecular formula is C17H17N3O6. The van der Waals surface area contributed by atoms with Gasteiger partial charge in [0.25, 0.3) is 5.91 Å². The van der Waals surface area contributed by atoms with Crippen LogP contribution in [0, 0.1) is 17.0 Å². The smallest absolute Gasteiger partial charge is 0.315 e. The van der Waals surface area contributed by atoms with Crippen LogP contribution in [0.1, 0.15) is 11.1 Å². The minimum absolute atomic E-state index is 0.0743. The zero-order chi connectivity index (χ0) is 19.1. The van der Waals surface area contributed by atoms with E-state index in [0.29, 0.717) is 5.75 Å². The second kappa shape index (κ2) is 8.47. The fraction of sp³-hybridized carbons (Fsp3) is 0.176. The van der Waals surface area contributed by atoms with Gasteiger partial charge in [0.1, 0.15) is 5.75 Å². The van der Waals surface area contributed by atoms with Gasteiger partial charge in [-0.15, -0.1) is 0 Å². The number of phenols is 1. The van der Waals surface area contributed by atoms with Gasteiger partial charge >= 0.3 is 5.69 Å². The van der Waals surface area contributed by atoms with Crippen molar-refractivity contribution in [2.24, 2.45) is 5.10 Å². The quantitative estimate of drug-likeness (QED) is 0.443. The van der Waals surface area contributed by atoms with Crippen molar-refractivity contribution in [3.05, 3.63) is 57.6 Å². The van der Waals surface area contributed by atoms with Gasteiger partial charge in [-0.3, -0.25) is 14.9 Å². The Morgan fingerprint density at radius 2 is 2.15 bits per heavy atom. The zero-order valence-electron chi connectivity index (χ0n) is 14.1. The van der Waals surface area contributed by atoms with Crippen molar-refractivity contribution in [1.29, 1.82) is 0 Å². The van der Waals surface area contributed by atoms with E-state index < -0.39 is 22.3 Å². The van der Waals surface area contributed by atoms with Crippen LogP contribution in [0.4, 0.5) is 5.69 Å². The number of phenolic OH excluding ortho intramolecular Hbond substituents is 1. The van der Waals surface area contributed by atoms with Crippen LogP contribution in [0.15, 0.2) is 41.5 Å². The summed E-state index contributed by atoms with van der Waals surface area (Å²) >= 11 is 0. The van der Waals surface area contributed by atoms with Crippen molar-refractivity contribution in [1.82, 2.24) is 5.43 Å². The van der Waals surface area contributed by atoms with Crippen molar-refractivity contribution in [3.63, 3.8) is 0 Å². The number of hydrogen-bond acceptors (Lipinski definition) is 7. The van der Waals surface area contributed by atoms with Gasteiger partial charge < -0.3 is 14.6 Å². The van der Waals surface area contributed by atoms with Crippen LogP contribution >= 0.6 is 0 Å². The summed E-state index contributed by atoms with van der Waals surface area (Å²) in [4.78, 5) is 21.9. The average molecular weight is 359 g/mol. The molecule has 9 nitrogen and oxygen atoms in total. The van der Waals surface area contributed by atoms with Crippen molar-refractivity contribution in [2.75, 3.05) is 13.7 Å². The van der Waals surface area contributed by atoms with E-state index in [-0.39, 0.29) is 17.9 Å². The minimum Gasteiger partial charge on any atom is -0.500 e. The predicted octanol–water partition coefficient (Wildman–Crippen LogP) is 2.15. The molecule has 0 radical (unpaired) electrons. The maximum atomic E-state index is 11.7. The highest BCUT2D eigenvalue weighted by Crippen LogP contribution is 2.36. The van der Waals surface area contributed by atoms with Crippen molar-refractivity contribution in [3.8, 4) is 17.2 Å². The number of ether oxygens (including phenoxy) is 2. The molecule has 136 valence electrons. The number of carbonyl (C=O) groups is 1. The van der Waals surface area contributed by atoms with Crippen LogP contribution in [0.2, 0.25) is 0 Å². The van der Waals surface area contributed by atoms with Crippen LogP contribution in [0.5, 0.6) is 17.2 Å². The third kappa shape index (κ3) is 4.94. The third-order valence-electron chi connectivity index (χ3n) is 3.26. The van der Waals surface area contributed by atoms with Gasteiger partial charge in [-0.25, -0.2) is 5.43 Å². The Morgan fingerprint density at radius 3 is 2.81 bits per heavy atom. The van der Waals surface area contributed by atoms with Gasteiger partial charge in [-0.2, -0.15) is 5.10 Å². The molecule has 0 heterocycles. The highest BCUT2D eigenvalue weighted by molar-refractivity contribution is 5.85. The monoisotopic (exact) mass is 359 g/mol. The molecular weight excluding hydrogens is 342 g/mol. The summed E-state index contributed by atoms with van der Waals surface area (Å²) in [5.41, 5.74) is 2.99. The Labute approximate surface area is 149 Å². The van der Waals surface area contributed by atoms with E-state index in [0.717, 1.165) is 11.6 Å². The Bertz CT molecular complexity index is 850. The fourth-order valence-electron chi connectivity index (χ4n) is 2.05. The molecule has 0 aliphatic heterocycles. The van der Waals surface area contributed by atoms with E-state index in [2.05, 4.69) is 10.5 Å². The number of rotatable bonds is 7. The van der Waals surface area contributed by atoms with Crippen LogP contribution in [-0.4, -0.2) is 35.9 Å². The molecule has 0 saturated carbocycles. The van der Waals surface area contributed by atoms with E-state index in [4.69, 9.17) is 9.47 Å². The number of hydrogen-bond donors (Lipinski definition) is 2. The molecule has 2 rings (SSSR count). The van der Waals surface area contributed by atoms with Crippen LogP contribution in [0.3, 0.4) is 0 Å². The van der Waals surface area contributed by atoms with Crippen molar-refractivity contribution in [2.45, 2.75) is 6.92 Å². The number of hydrazone groups is 1. The molecule has 9 heteroatoms. The number of carbonyl (C=O) groups excluding carboxylic acids is 1. The summed E-state index contributed by atoms with van der Waals surface area (Å²) in [5, 5.41) is 24.3. The number of nitrogens with one attached hydrogen (secondary N) is 1. The largest absolute Gasteiger partial charge is 0.500 e. The highest BCUT2D eigenvalue weighted by atomic mass is 16.6. The molecule has 2 aromatic rings. The molecule has 0 aliphatic rings. The van der Waals surface area contributed by atoms with Gasteiger partial charge in [-0.1, -0.05) is 12.1 Å². The molecule has 0 bridgehead atoms. The third-order valence-corrected chi connectivity index (χ3v) is 3.26. The van der Waals surface area contributed by atoms with Crippen LogP contribution in [0.25, 0.3) is 0 Å². The first kappa shape index (κ1) is 18.7. The van der Waals surface area contributed by atoms with Gasteiger partial charge in [0.05, 0.1) is 18.2 Å². The van der Waals surface area contributed by atoms with Gasteiger partial charge in [-0.05, 0) is 30.7 Å². The van der Waals surface area contributed by atoms with E-state index in [1.54, 1.807) is 12.1 Å². The molecule has 0 unspecified atom stereocenters. The number of nitro groups is 1. The number of methoxy groups -OCH3 is 1. The first-order valence-corrected chi connectivity index (χ1v) is 7.47. The van der Waals surface area contributed by atoms with Gasteiger partial charge in [0, 0.05) is 11.6 Å². The molecule has 1 amide bonds. The lowest BCUT2D eigenvalue weighted by atomic mass is 10.2. The first-order chi connectivity index (χ1) is 12.4. The summed E-state index contributed by atoms with van der Waals surface area (Å²) < 4.78 is 10.2. The molecule has 2 aromatic carbocycles. The highest BCUT2D eigenvalue weighted by Gasteiger charge is 2.19. The number of nitrogens with zero attached hydrogens (tertiary/aromatic N) is 2. The number of amides is 1. The number of aromatic hydroxyl groups is 1. The molecule has 0 aromatic heterocycles. The van der Waals surface area contributed by atoms with E-state index in [1.807, 2.05) is 19.1 Å². The Morgan fingerprint density at radius 1 is 1.38 bits per heavy atom. The Hall–Kier alpha value is -3.62. The van der Waals surface area contributed by atoms with Crippen molar-refractivity contribution < 1.29 is 24.3 Å². The summed E-state index contributed by atoms with van der Waals surface area (Å²) in [7, 11) is 1.27. The van der Waals surface area contributed by atoms with Crippen LogP contribution < -0.4 is 14.9 Å². The molecule has 0 spiro atoms. The molecule has 0 fully saturated rings. The van der Waals surface area contributed by atoms with Crippen molar-refractivity contribution >= 4 is 17.8 Å². The van der Waals surface area contributed by atoms with Gasteiger partial charge in [0.15, 0.2) is 12.4 Å². The molecule has 0 saturated heterocycles. The molecule has 0 atom stereocenters. The maximum absolute atomic E-state index is 11.7. The molecule has 2 N–H and O–H groups in total. The molecule has 0 aliphatic carbocycles. The topological polar surface area (TPSA) is 123 Å². The summed E-state index contributed by atoms with van der Waals surface area (Å²) in [6.45, 7) is 1.67. The summed E-state index contributed by atoms with van der Waals surface area (Å²) in [6, 6.07) is 9.69. The standard InChI is InChI=1S/C17H17N3O6/c1-11-4-3-5-13(6-11)26-10-16(21)19-18-9-12-7-14(20(23)24)17(22)15(8-12)25-2/h3-9,22H,10H2,1-2H3,(H,19,21)/b18-9+.